The molecular formula is C22H29ClN6O4S. The van der Waals surface area contributed by atoms with Crippen LogP contribution in [0.3, 0.4) is 0 Å². The Labute approximate surface area is 206 Å². The van der Waals surface area contributed by atoms with E-state index in [2.05, 4.69) is 30.6 Å². The first-order valence-electron chi connectivity index (χ1n) is 11.3. The van der Waals surface area contributed by atoms with Crippen molar-refractivity contribution < 1.29 is 18.3 Å². The molecule has 12 heteroatoms. The van der Waals surface area contributed by atoms with E-state index in [4.69, 9.17) is 20.9 Å². The van der Waals surface area contributed by atoms with Crippen molar-refractivity contribution in [3.05, 3.63) is 34.5 Å². The minimum absolute atomic E-state index is 0.000269. The number of benzene rings is 1. The van der Waals surface area contributed by atoms with Gasteiger partial charge < -0.3 is 20.7 Å². The molecule has 1 saturated carbocycles. The monoisotopic (exact) mass is 508 g/mol. The number of methoxy groups -OCH3 is 1. The minimum atomic E-state index is -2.04. The van der Waals surface area contributed by atoms with Crippen molar-refractivity contribution in [1.82, 2.24) is 20.0 Å². The summed E-state index contributed by atoms with van der Waals surface area (Å²) in [5.41, 5.74) is 2.71. The second kappa shape index (κ2) is 11.3. The van der Waals surface area contributed by atoms with Gasteiger partial charge in [0.05, 0.1) is 25.4 Å². The summed E-state index contributed by atoms with van der Waals surface area (Å²) in [5, 5.41) is 9.93. The summed E-state index contributed by atoms with van der Waals surface area (Å²) >= 11 is 4.35. The van der Waals surface area contributed by atoms with Crippen LogP contribution >= 0.6 is 11.6 Å². The highest BCUT2D eigenvalue weighted by molar-refractivity contribution is 7.77. The molecule has 2 heterocycles. The number of hydrogen-bond donors (Lipinski definition) is 5. The summed E-state index contributed by atoms with van der Waals surface area (Å²) in [7, 11) is 1.58. The van der Waals surface area contributed by atoms with Crippen molar-refractivity contribution in [3.8, 4) is 5.75 Å². The third-order valence-electron chi connectivity index (χ3n) is 6.28. The Bertz CT molecular complexity index is 1070. The zero-order valence-electron chi connectivity index (χ0n) is 18.9. The second-order valence-electron chi connectivity index (χ2n) is 8.51. The lowest BCUT2D eigenvalue weighted by Gasteiger charge is -2.32. The van der Waals surface area contributed by atoms with E-state index >= 15 is 0 Å². The number of nitrogens with one attached hydrogen (secondary N) is 4. The molecule has 0 saturated heterocycles. The highest BCUT2D eigenvalue weighted by atomic mass is 35.5. The minimum Gasteiger partial charge on any atom is -0.495 e. The predicted octanol–water partition coefficient (Wildman–Crippen LogP) is 2.79. The van der Waals surface area contributed by atoms with Crippen LogP contribution < -0.4 is 25.4 Å². The summed E-state index contributed by atoms with van der Waals surface area (Å²) < 4.78 is 28.3. The number of amides is 1. The van der Waals surface area contributed by atoms with E-state index in [9.17, 15) is 9.00 Å². The molecule has 2 aromatic rings. The molecule has 0 bridgehead atoms. The number of hydrogen-bond acceptors (Lipinski definition) is 7. The zero-order chi connectivity index (χ0) is 24.1. The number of fused-ring (bicyclic) bond motifs is 1. The van der Waals surface area contributed by atoms with Crippen LogP contribution in [0.25, 0.3) is 0 Å². The van der Waals surface area contributed by atoms with E-state index in [-0.39, 0.29) is 17.9 Å². The average molecular weight is 509 g/mol. The van der Waals surface area contributed by atoms with Crippen LogP contribution in [0, 0.1) is 5.92 Å². The number of rotatable bonds is 8. The van der Waals surface area contributed by atoms with Gasteiger partial charge >= 0.3 is 0 Å². The number of carbonyl (C=O) groups is 1. The van der Waals surface area contributed by atoms with Gasteiger partial charge in [0.2, 0.25) is 23.1 Å². The van der Waals surface area contributed by atoms with Crippen molar-refractivity contribution >= 4 is 46.2 Å². The van der Waals surface area contributed by atoms with E-state index in [0.29, 0.717) is 47.7 Å². The summed E-state index contributed by atoms with van der Waals surface area (Å²) in [4.78, 5) is 20.8. The normalized spacial score (nSPS) is 21.1. The molecule has 0 spiro atoms. The van der Waals surface area contributed by atoms with Gasteiger partial charge in [-0.3, -0.25) is 9.35 Å². The maximum absolute atomic E-state index is 11.9. The smallest absolute Gasteiger partial charge is 0.231 e. The maximum Gasteiger partial charge on any atom is 0.231 e. The number of carbonyl (C=O) groups excluding carboxylic acids is 1. The summed E-state index contributed by atoms with van der Waals surface area (Å²) in [6.45, 7) is 1.02. The standard InChI is InChI=1S/C22H29ClN6O4S/c1-33-19-9-15-10-20(30)24-7-6-13(15)8-18(19)28-22-25-12-16(23)21(29-22)27-17-5-3-2-4-14(17)11-26-34(31)32/h8-9,12,14,17,26H,2-7,10-11H2,1H3,(H,24,30)(H,31,32)(H2,25,27,28,29)/t14-,17-/m1/s1. The molecule has 1 aromatic heterocycles. The molecule has 4 rings (SSSR count). The third-order valence-corrected chi connectivity index (χ3v) is 6.97. The summed E-state index contributed by atoms with van der Waals surface area (Å²) in [5.74, 6) is 1.63. The number of aromatic nitrogens is 2. The number of nitrogens with zero attached hydrogens (tertiary/aromatic N) is 2. The van der Waals surface area contributed by atoms with Gasteiger partial charge in [-0.05, 0) is 48.4 Å². The molecule has 184 valence electrons. The molecule has 5 N–H and O–H groups in total. The van der Waals surface area contributed by atoms with E-state index in [1.807, 2.05) is 12.1 Å². The number of halogens is 1. The molecule has 0 radical (unpaired) electrons. The van der Waals surface area contributed by atoms with E-state index in [1.165, 1.54) is 6.20 Å². The zero-order valence-corrected chi connectivity index (χ0v) is 20.5. The number of ether oxygens (including phenoxy) is 1. The van der Waals surface area contributed by atoms with Crippen LogP contribution in [0.1, 0.15) is 36.8 Å². The molecule has 2 aliphatic rings. The van der Waals surface area contributed by atoms with Gasteiger partial charge in [-0.1, -0.05) is 24.4 Å². The molecule has 34 heavy (non-hydrogen) atoms. The van der Waals surface area contributed by atoms with E-state index in [0.717, 1.165) is 43.2 Å². The van der Waals surface area contributed by atoms with Crippen molar-refractivity contribution in [3.63, 3.8) is 0 Å². The Morgan fingerprint density at radius 3 is 2.91 bits per heavy atom. The summed E-state index contributed by atoms with van der Waals surface area (Å²) in [6, 6.07) is 3.91. The van der Waals surface area contributed by atoms with Crippen LogP contribution in [0.2, 0.25) is 5.02 Å². The Kier molecular flexibility index (Phi) is 8.19. The molecular weight excluding hydrogens is 480 g/mol. The first-order valence-corrected chi connectivity index (χ1v) is 12.8. The van der Waals surface area contributed by atoms with Gasteiger partial charge in [-0.2, -0.15) is 4.98 Å². The van der Waals surface area contributed by atoms with Crippen molar-refractivity contribution in [2.75, 3.05) is 30.8 Å². The molecule has 3 atom stereocenters. The van der Waals surface area contributed by atoms with Gasteiger partial charge in [0.15, 0.2) is 5.82 Å². The largest absolute Gasteiger partial charge is 0.495 e. The Morgan fingerprint density at radius 2 is 2.12 bits per heavy atom. The lowest BCUT2D eigenvalue weighted by molar-refractivity contribution is -0.120. The van der Waals surface area contributed by atoms with E-state index in [1.54, 1.807) is 7.11 Å². The molecule has 1 aliphatic carbocycles. The Morgan fingerprint density at radius 1 is 1.29 bits per heavy atom. The van der Waals surface area contributed by atoms with E-state index < -0.39 is 11.3 Å². The SMILES string of the molecule is COc1cc2c(cc1Nc1ncc(Cl)c(N[C@@H]3CCCC[C@@H]3CNS(=O)O)n1)CCNC(=O)C2. The van der Waals surface area contributed by atoms with Crippen molar-refractivity contribution in [1.29, 1.82) is 0 Å². The van der Waals surface area contributed by atoms with Gasteiger partial charge in [0.25, 0.3) is 0 Å². The Hall–Kier alpha value is -2.47. The van der Waals surface area contributed by atoms with Crippen LogP contribution in [0.15, 0.2) is 18.3 Å². The molecule has 10 nitrogen and oxygen atoms in total. The second-order valence-corrected chi connectivity index (χ2v) is 9.70. The van der Waals surface area contributed by atoms with Gasteiger partial charge in [-0.15, -0.1) is 0 Å². The van der Waals surface area contributed by atoms with Gasteiger partial charge in [0.1, 0.15) is 10.8 Å². The molecule has 1 aliphatic heterocycles. The van der Waals surface area contributed by atoms with Crippen LogP contribution in [-0.2, 0) is 28.9 Å². The lowest BCUT2D eigenvalue weighted by Crippen LogP contribution is -2.39. The highest BCUT2D eigenvalue weighted by Crippen LogP contribution is 2.33. The van der Waals surface area contributed by atoms with Gasteiger partial charge in [-0.25, -0.2) is 13.9 Å². The molecule has 1 amide bonds. The quantitative estimate of drug-likeness (QED) is 0.343. The predicted molar refractivity (Wildman–Crippen MR) is 132 cm³/mol. The van der Waals surface area contributed by atoms with Crippen molar-refractivity contribution in [2.24, 2.45) is 5.92 Å². The van der Waals surface area contributed by atoms with Crippen LogP contribution in [0.5, 0.6) is 5.75 Å². The van der Waals surface area contributed by atoms with Crippen LogP contribution in [-0.4, -0.2) is 50.9 Å². The molecule has 1 aromatic carbocycles. The lowest BCUT2D eigenvalue weighted by atomic mass is 9.84. The molecule has 1 unspecified atom stereocenters. The fourth-order valence-corrected chi connectivity index (χ4v) is 5.05. The average Bonchev–Trinajstić information content (AvgIpc) is 3.00. The Balaban J connectivity index is 1.54. The topological polar surface area (TPSA) is 138 Å². The number of anilines is 3. The van der Waals surface area contributed by atoms with Crippen molar-refractivity contribution in [2.45, 2.75) is 44.6 Å². The van der Waals surface area contributed by atoms with Gasteiger partial charge in [0, 0.05) is 19.1 Å². The highest BCUT2D eigenvalue weighted by Gasteiger charge is 2.26. The molecule has 1 fully saturated rings. The fraction of sp³-hybridized carbons (Fsp3) is 0.500. The summed E-state index contributed by atoms with van der Waals surface area (Å²) in [6.07, 6.45) is 6.58. The maximum atomic E-state index is 11.9. The first kappa shape index (κ1) is 24.6. The van der Waals surface area contributed by atoms with Crippen LogP contribution in [0.4, 0.5) is 17.5 Å². The fourth-order valence-electron chi connectivity index (χ4n) is 4.55. The first-order chi connectivity index (χ1) is 16.4. The third kappa shape index (κ3) is 6.15.